The van der Waals surface area contributed by atoms with Gasteiger partial charge in [-0.3, -0.25) is 4.79 Å². The number of carbonyl (C=O) groups is 1. The molecule has 1 amide bonds. The Hall–Kier alpha value is -2.49. The van der Waals surface area contributed by atoms with Crippen LogP contribution in [0.15, 0.2) is 48.5 Å². The Morgan fingerprint density at radius 2 is 1.86 bits per heavy atom. The molecule has 0 saturated carbocycles. The number of nitrogens with zero attached hydrogens (tertiary/aromatic N) is 3. The lowest BCUT2D eigenvalue weighted by molar-refractivity contribution is -0.113. The fourth-order valence-corrected chi connectivity index (χ4v) is 5.57. The number of fused-ring (bicyclic) bond motifs is 1. The zero-order valence-electron chi connectivity index (χ0n) is 16.0. The first-order chi connectivity index (χ1) is 13.9. The number of piperazine rings is 1. The molecule has 1 aliphatic rings. The Balaban J connectivity index is 1.35. The van der Waals surface area contributed by atoms with Crippen LogP contribution in [0.1, 0.15) is 5.56 Å². The molecule has 1 saturated heterocycles. The van der Waals surface area contributed by atoms with E-state index >= 15 is 0 Å². The fraction of sp³-hybridized carbons (Fsp3) is 0.300. The zero-order valence-corrected chi connectivity index (χ0v) is 17.7. The van der Waals surface area contributed by atoms with Gasteiger partial charge in [-0.15, -0.1) is 0 Å². The molecule has 2 heterocycles. The van der Waals surface area contributed by atoms with E-state index in [9.17, 15) is 13.2 Å². The molecule has 1 aliphatic heterocycles. The first-order valence-corrected chi connectivity index (χ1v) is 11.8. The predicted molar refractivity (Wildman–Crippen MR) is 117 cm³/mol. The van der Waals surface area contributed by atoms with Crippen LogP contribution in [0, 0.1) is 6.92 Å². The Bertz CT molecular complexity index is 1100. The molecule has 0 bridgehead atoms. The van der Waals surface area contributed by atoms with E-state index in [-0.39, 0.29) is 0 Å². The van der Waals surface area contributed by atoms with E-state index in [2.05, 4.69) is 21.3 Å². The van der Waals surface area contributed by atoms with Crippen LogP contribution in [0.4, 0.5) is 10.8 Å². The molecule has 0 radical (unpaired) electrons. The Labute approximate surface area is 174 Å². The summed E-state index contributed by atoms with van der Waals surface area (Å²) in [6.45, 7) is 3.97. The van der Waals surface area contributed by atoms with Crippen LogP contribution in [-0.4, -0.2) is 55.5 Å². The minimum atomic E-state index is -3.68. The van der Waals surface area contributed by atoms with E-state index in [0.717, 1.165) is 15.9 Å². The molecule has 29 heavy (non-hydrogen) atoms. The molecular weight excluding hydrogens is 408 g/mol. The standard InChI is InChI=1S/C20H22N4O3S2/c1-15-5-4-6-16(13-15)23-9-11-24(12-10-23)29(26,27)14-19(25)22-20-21-17-7-2-3-8-18(17)28-20/h2-8,13H,9-12,14H2,1H3,(H,21,22,25). The first-order valence-electron chi connectivity index (χ1n) is 9.35. The first kappa shape index (κ1) is 19.8. The summed E-state index contributed by atoms with van der Waals surface area (Å²) in [5, 5.41) is 3.03. The molecule has 0 unspecified atom stereocenters. The van der Waals surface area contributed by atoms with Crippen LogP contribution in [0.2, 0.25) is 0 Å². The van der Waals surface area contributed by atoms with Gasteiger partial charge in [0.1, 0.15) is 5.75 Å². The maximum Gasteiger partial charge on any atom is 0.242 e. The number of hydrogen-bond acceptors (Lipinski definition) is 6. The number of para-hydroxylation sites is 1. The molecule has 1 N–H and O–H groups in total. The van der Waals surface area contributed by atoms with Crippen molar-refractivity contribution in [2.75, 3.05) is 42.1 Å². The van der Waals surface area contributed by atoms with Gasteiger partial charge >= 0.3 is 0 Å². The number of aryl methyl sites for hydroxylation is 1. The zero-order chi connectivity index (χ0) is 20.4. The summed E-state index contributed by atoms with van der Waals surface area (Å²) >= 11 is 1.33. The molecule has 1 aromatic heterocycles. The second-order valence-corrected chi connectivity index (χ2v) is 10.0. The summed E-state index contributed by atoms with van der Waals surface area (Å²) in [7, 11) is -3.68. The summed E-state index contributed by atoms with van der Waals surface area (Å²) in [4.78, 5) is 18.8. The minimum Gasteiger partial charge on any atom is -0.369 e. The van der Waals surface area contributed by atoms with Gasteiger partial charge in [0.05, 0.1) is 10.2 Å². The van der Waals surface area contributed by atoms with Crippen molar-refractivity contribution < 1.29 is 13.2 Å². The van der Waals surface area contributed by atoms with Gasteiger partial charge in [-0.1, -0.05) is 35.6 Å². The van der Waals surface area contributed by atoms with Crippen molar-refractivity contribution in [1.29, 1.82) is 0 Å². The third kappa shape index (κ3) is 4.58. The monoisotopic (exact) mass is 430 g/mol. The van der Waals surface area contributed by atoms with Crippen molar-refractivity contribution in [3.8, 4) is 0 Å². The normalized spacial score (nSPS) is 15.6. The lowest BCUT2D eigenvalue weighted by Crippen LogP contribution is -2.50. The van der Waals surface area contributed by atoms with Crippen LogP contribution in [0.3, 0.4) is 0 Å². The number of thiazole rings is 1. The van der Waals surface area contributed by atoms with E-state index < -0.39 is 21.7 Å². The summed E-state index contributed by atoms with van der Waals surface area (Å²) in [5.74, 6) is -1.14. The highest BCUT2D eigenvalue weighted by molar-refractivity contribution is 7.89. The van der Waals surface area contributed by atoms with E-state index in [1.54, 1.807) is 0 Å². The van der Waals surface area contributed by atoms with Gasteiger partial charge in [0, 0.05) is 31.9 Å². The smallest absolute Gasteiger partial charge is 0.242 e. The van der Waals surface area contributed by atoms with Crippen LogP contribution < -0.4 is 10.2 Å². The maximum atomic E-state index is 12.7. The molecule has 9 heteroatoms. The largest absolute Gasteiger partial charge is 0.369 e. The number of sulfonamides is 1. The number of anilines is 2. The van der Waals surface area contributed by atoms with Crippen LogP contribution in [0.25, 0.3) is 10.2 Å². The highest BCUT2D eigenvalue weighted by atomic mass is 32.2. The van der Waals surface area contributed by atoms with Gasteiger partial charge in [-0.05, 0) is 36.8 Å². The van der Waals surface area contributed by atoms with Gasteiger partial charge in [0.25, 0.3) is 0 Å². The second kappa shape index (κ2) is 8.10. The number of hydrogen-bond donors (Lipinski definition) is 1. The van der Waals surface area contributed by atoms with Crippen molar-refractivity contribution in [3.05, 3.63) is 54.1 Å². The highest BCUT2D eigenvalue weighted by Crippen LogP contribution is 2.25. The Kier molecular flexibility index (Phi) is 5.53. The van der Waals surface area contributed by atoms with Crippen molar-refractivity contribution in [2.24, 2.45) is 0 Å². The summed E-state index contributed by atoms with van der Waals surface area (Å²) in [6, 6.07) is 15.7. The van der Waals surface area contributed by atoms with Crippen molar-refractivity contribution in [2.45, 2.75) is 6.92 Å². The quantitative estimate of drug-likeness (QED) is 0.673. The van der Waals surface area contributed by atoms with Crippen molar-refractivity contribution >= 4 is 48.3 Å². The molecule has 0 spiro atoms. The Morgan fingerprint density at radius 1 is 1.10 bits per heavy atom. The molecule has 4 rings (SSSR count). The highest BCUT2D eigenvalue weighted by Gasteiger charge is 2.29. The number of nitrogens with one attached hydrogen (secondary N) is 1. The minimum absolute atomic E-state index is 0.366. The predicted octanol–water partition coefficient (Wildman–Crippen LogP) is 2.70. The molecule has 2 aromatic carbocycles. The average Bonchev–Trinajstić information content (AvgIpc) is 3.09. The van der Waals surface area contributed by atoms with E-state index in [0.29, 0.717) is 31.3 Å². The molecule has 152 valence electrons. The number of benzene rings is 2. The van der Waals surface area contributed by atoms with E-state index in [4.69, 9.17) is 0 Å². The molecule has 0 atom stereocenters. The van der Waals surface area contributed by atoms with Crippen LogP contribution in [0.5, 0.6) is 0 Å². The van der Waals surface area contributed by atoms with Gasteiger partial charge in [0.2, 0.25) is 15.9 Å². The number of amides is 1. The fourth-order valence-electron chi connectivity index (χ4n) is 3.39. The number of carbonyl (C=O) groups excluding carboxylic acids is 1. The summed E-state index contributed by atoms with van der Waals surface area (Å²) in [6.07, 6.45) is 0. The third-order valence-corrected chi connectivity index (χ3v) is 7.58. The van der Waals surface area contributed by atoms with Gasteiger partial charge in [0.15, 0.2) is 5.13 Å². The maximum absolute atomic E-state index is 12.7. The summed E-state index contributed by atoms with van der Waals surface area (Å²) < 4.78 is 27.7. The lowest BCUT2D eigenvalue weighted by atomic mass is 10.2. The van der Waals surface area contributed by atoms with Crippen LogP contribution in [-0.2, 0) is 14.8 Å². The van der Waals surface area contributed by atoms with Gasteiger partial charge in [-0.25, -0.2) is 13.4 Å². The topological polar surface area (TPSA) is 82.6 Å². The van der Waals surface area contributed by atoms with Gasteiger partial charge < -0.3 is 10.2 Å². The average molecular weight is 431 g/mol. The Morgan fingerprint density at radius 3 is 2.59 bits per heavy atom. The molecular formula is C20H22N4O3S2. The molecule has 0 aliphatic carbocycles. The number of rotatable bonds is 5. The van der Waals surface area contributed by atoms with E-state index in [1.165, 1.54) is 21.2 Å². The molecule has 7 nitrogen and oxygen atoms in total. The molecule has 3 aromatic rings. The SMILES string of the molecule is Cc1cccc(N2CCN(S(=O)(=O)CC(=O)Nc3nc4ccccc4s3)CC2)c1. The van der Waals surface area contributed by atoms with E-state index in [1.807, 2.05) is 49.4 Å². The molecule has 1 fully saturated rings. The second-order valence-electron chi connectivity index (χ2n) is 7.02. The van der Waals surface area contributed by atoms with Gasteiger partial charge in [-0.2, -0.15) is 4.31 Å². The lowest BCUT2D eigenvalue weighted by Gasteiger charge is -2.35. The number of aromatic nitrogens is 1. The third-order valence-electron chi connectivity index (χ3n) is 4.85. The van der Waals surface area contributed by atoms with Crippen LogP contribution >= 0.6 is 11.3 Å². The van der Waals surface area contributed by atoms with Crippen molar-refractivity contribution in [3.63, 3.8) is 0 Å². The van der Waals surface area contributed by atoms with Crippen molar-refractivity contribution in [1.82, 2.24) is 9.29 Å². The summed E-state index contributed by atoms with van der Waals surface area (Å²) in [5.41, 5.74) is 3.04.